The molecule has 8 atom stereocenters. The van der Waals surface area contributed by atoms with E-state index < -0.39 is 65.7 Å². The molecular formula is C37H52ClN3O10S. The number of ether oxygens (including phenoxy) is 5. The van der Waals surface area contributed by atoms with Crippen LogP contribution in [0.15, 0.2) is 35.9 Å². The molecule has 15 heteroatoms. The van der Waals surface area contributed by atoms with E-state index in [1.54, 1.807) is 70.9 Å². The number of epoxide rings is 1. The molecule has 2 fully saturated rings. The molecule has 0 spiro atoms. The SMILES string of the molecule is CCSCCC(=O)N(C)[C@@H](C)C(=O)O[C@H]1CC(=O)N(C)c2cc(cc(OC)c2Cl)C/C(C)=C/C=C/[C@@H](OC)[C@@]2(O)C[C@H](OC(=O)N2)[C@@H](C)[C@@H]2O[C@@]12C. The summed E-state index contributed by atoms with van der Waals surface area (Å²) in [4.78, 5) is 56.2. The molecule has 1 aromatic carbocycles. The number of carbonyl (C=O) groups is 4. The first-order valence-electron chi connectivity index (χ1n) is 17.4. The molecule has 52 heavy (non-hydrogen) atoms. The van der Waals surface area contributed by atoms with Crippen molar-refractivity contribution in [3.8, 4) is 5.75 Å². The Labute approximate surface area is 315 Å². The number of alkyl carbamates (subject to hydrolysis) is 1. The van der Waals surface area contributed by atoms with E-state index in [0.717, 1.165) is 16.9 Å². The van der Waals surface area contributed by atoms with Gasteiger partial charge in [0.05, 0.1) is 25.3 Å². The number of allylic oxidation sites excluding steroid dienone is 3. The van der Waals surface area contributed by atoms with Crippen molar-refractivity contribution in [3.05, 3.63) is 46.5 Å². The van der Waals surface area contributed by atoms with Gasteiger partial charge in [0.25, 0.3) is 0 Å². The maximum atomic E-state index is 14.1. The molecule has 3 aliphatic rings. The third-order valence-corrected chi connectivity index (χ3v) is 11.5. The molecule has 3 aliphatic heterocycles. The Hall–Kier alpha value is -3.30. The largest absolute Gasteiger partial charge is 0.495 e. The highest BCUT2D eigenvalue weighted by Gasteiger charge is 2.64. The number of hydrogen-bond acceptors (Lipinski definition) is 11. The molecule has 0 unspecified atom stereocenters. The number of esters is 1. The first-order chi connectivity index (χ1) is 24.5. The van der Waals surface area contributed by atoms with Crippen LogP contribution in [0.2, 0.25) is 5.02 Å². The Bertz CT molecular complexity index is 1570. The number of rotatable bonds is 9. The van der Waals surface area contributed by atoms with Gasteiger partial charge in [-0.05, 0) is 50.6 Å². The lowest BCUT2D eigenvalue weighted by Crippen LogP contribution is -2.63. The van der Waals surface area contributed by atoms with Crippen LogP contribution < -0.4 is 15.0 Å². The lowest BCUT2D eigenvalue weighted by Gasteiger charge is -2.42. The maximum absolute atomic E-state index is 14.1. The van der Waals surface area contributed by atoms with Crippen molar-refractivity contribution in [2.24, 2.45) is 5.92 Å². The van der Waals surface area contributed by atoms with Crippen molar-refractivity contribution in [2.75, 3.05) is 44.7 Å². The van der Waals surface area contributed by atoms with Gasteiger partial charge in [-0.15, -0.1) is 0 Å². The molecule has 4 rings (SSSR count). The number of methoxy groups -OCH3 is 2. The number of nitrogens with one attached hydrogen (secondary N) is 1. The summed E-state index contributed by atoms with van der Waals surface area (Å²) in [7, 11) is 6.06. The second kappa shape index (κ2) is 17.2. The predicted octanol–water partition coefficient (Wildman–Crippen LogP) is 4.66. The fourth-order valence-electron chi connectivity index (χ4n) is 6.70. The third kappa shape index (κ3) is 9.25. The minimum Gasteiger partial charge on any atom is -0.495 e. The van der Waals surface area contributed by atoms with Gasteiger partial charge in [0.15, 0.2) is 5.72 Å². The fourth-order valence-corrected chi connectivity index (χ4v) is 7.62. The number of aliphatic hydroxyl groups is 1. The van der Waals surface area contributed by atoms with Gasteiger partial charge in [-0.25, -0.2) is 9.59 Å². The molecule has 1 aromatic rings. The number of likely N-dealkylation sites (N-methyl/N-ethyl adjacent to an activating group) is 1. The van der Waals surface area contributed by atoms with E-state index in [0.29, 0.717) is 23.6 Å². The van der Waals surface area contributed by atoms with Crippen LogP contribution in [0.4, 0.5) is 10.5 Å². The van der Waals surface area contributed by atoms with Gasteiger partial charge >= 0.3 is 12.1 Å². The van der Waals surface area contributed by atoms with Crippen LogP contribution in [-0.4, -0.2) is 115 Å². The number of benzene rings is 1. The van der Waals surface area contributed by atoms with E-state index in [-0.39, 0.29) is 30.2 Å². The summed E-state index contributed by atoms with van der Waals surface area (Å²) in [6.45, 7) is 9.04. The summed E-state index contributed by atoms with van der Waals surface area (Å²) in [5, 5.41) is 14.5. The van der Waals surface area contributed by atoms with E-state index >= 15 is 0 Å². The van der Waals surface area contributed by atoms with Crippen LogP contribution in [0.3, 0.4) is 0 Å². The van der Waals surface area contributed by atoms with E-state index in [9.17, 15) is 24.3 Å². The van der Waals surface area contributed by atoms with Gasteiger partial charge in [-0.2, -0.15) is 11.8 Å². The highest BCUT2D eigenvalue weighted by atomic mass is 35.5. The number of carbonyl (C=O) groups excluding carboxylic acids is 4. The Kier molecular flexibility index (Phi) is 13.7. The molecule has 0 radical (unpaired) electrons. The number of amides is 3. The number of hydrogen-bond donors (Lipinski definition) is 2. The van der Waals surface area contributed by atoms with Crippen LogP contribution >= 0.6 is 23.4 Å². The second-order valence-electron chi connectivity index (χ2n) is 13.9. The second-order valence-corrected chi connectivity index (χ2v) is 15.6. The zero-order chi connectivity index (χ0) is 38.5. The maximum Gasteiger partial charge on any atom is 0.409 e. The number of halogens is 1. The summed E-state index contributed by atoms with van der Waals surface area (Å²) in [5.41, 5.74) is -0.876. The number of anilines is 1. The highest BCUT2D eigenvalue weighted by molar-refractivity contribution is 7.99. The van der Waals surface area contributed by atoms with Crippen molar-refractivity contribution in [2.45, 2.75) is 102 Å². The van der Waals surface area contributed by atoms with Gasteiger partial charge in [0.1, 0.15) is 40.7 Å². The summed E-state index contributed by atoms with van der Waals surface area (Å²) >= 11 is 8.38. The van der Waals surface area contributed by atoms with Gasteiger partial charge in [-0.1, -0.05) is 49.2 Å². The average Bonchev–Trinajstić information content (AvgIpc) is 3.80. The summed E-state index contributed by atoms with van der Waals surface area (Å²) in [6.07, 6.45) is 1.28. The molecule has 288 valence electrons. The standard InChI is InChI=1S/C37H52ClN3O10S/c1-10-52-15-14-30(42)40(6)23(4)34(44)50-29-19-31(43)41(7)25-17-24(18-26(47-8)32(25)38)16-21(2)12-11-13-28(48-9)37(46)20-27(49-35(45)39-37)22(3)33-36(29,5)51-33/h11-13,17-18,22-23,27-29,33,46H,10,14-16,19-20H2,1-9H3,(H,39,45)/b13-11+,21-12+/t22-,23+,27+,28-,29+,33+,36+,37+/m1/s1. The van der Waals surface area contributed by atoms with Crippen LogP contribution in [0.5, 0.6) is 5.75 Å². The highest BCUT2D eigenvalue weighted by Crippen LogP contribution is 2.49. The molecule has 0 aliphatic carbocycles. The Morgan fingerprint density at radius 3 is 2.63 bits per heavy atom. The Morgan fingerprint density at radius 2 is 1.98 bits per heavy atom. The summed E-state index contributed by atoms with van der Waals surface area (Å²) in [5.74, 6) is 0.0159. The molecule has 0 saturated carbocycles. The smallest absolute Gasteiger partial charge is 0.409 e. The summed E-state index contributed by atoms with van der Waals surface area (Å²) < 4.78 is 29.2. The van der Waals surface area contributed by atoms with Crippen molar-refractivity contribution in [3.63, 3.8) is 0 Å². The quantitative estimate of drug-likeness (QED) is 0.205. The van der Waals surface area contributed by atoms with Gasteiger partial charge in [-0.3, -0.25) is 14.9 Å². The predicted molar refractivity (Wildman–Crippen MR) is 199 cm³/mol. The van der Waals surface area contributed by atoms with Gasteiger partial charge in [0, 0.05) is 45.7 Å². The lowest BCUT2D eigenvalue weighted by atomic mass is 9.83. The van der Waals surface area contributed by atoms with Crippen molar-refractivity contribution in [1.29, 1.82) is 0 Å². The number of thioether (sulfide) groups is 1. The van der Waals surface area contributed by atoms with Gasteiger partial charge < -0.3 is 38.6 Å². The molecule has 3 amide bonds. The molecule has 2 N–H and O–H groups in total. The van der Waals surface area contributed by atoms with Crippen LogP contribution in [0, 0.1) is 5.92 Å². The Balaban J connectivity index is 1.74. The minimum absolute atomic E-state index is 0.0438. The summed E-state index contributed by atoms with van der Waals surface area (Å²) in [6, 6.07) is 2.64. The first-order valence-corrected chi connectivity index (χ1v) is 18.9. The van der Waals surface area contributed by atoms with E-state index in [2.05, 4.69) is 5.32 Å². The molecule has 3 heterocycles. The van der Waals surface area contributed by atoms with E-state index in [1.807, 2.05) is 19.9 Å². The molecular weight excluding hydrogens is 714 g/mol. The third-order valence-electron chi connectivity index (χ3n) is 10.2. The topological polar surface area (TPSA) is 156 Å². The number of nitrogens with zero attached hydrogens (tertiary/aromatic N) is 2. The van der Waals surface area contributed by atoms with Crippen molar-refractivity contribution in [1.82, 2.24) is 10.2 Å². The lowest BCUT2D eigenvalue weighted by molar-refractivity contribution is -0.162. The normalized spacial score (nSPS) is 31.6. The fraction of sp³-hybridized carbons (Fsp3) is 0.622. The monoisotopic (exact) mass is 765 g/mol. The van der Waals surface area contributed by atoms with Crippen molar-refractivity contribution < 1.29 is 48.0 Å². The number of fused-ring (bicyclic) bond motifs is 5. The molecule has 0 aromatic heterocycles. The van der Waals surface area contributed by atoms with E-state index in [1.165, 1.54) is 24.0 Å². The van der Waals surface area contributed by atoms with Crippen LogP contribution in [0.1, 0.15) is 59.4 Å². The van der Waals surface area contributed by atoms with Crippen LogP contribution in [0.25, 0.3) is 0 Å². The average molecular weight is 766 g/mol. The first kappa shape index (κ1) is 41.5. The van der Waals surface area contributed by atoms with E-state index in [4.69, 9.17) is 35.3 Å². The van der Waals surface area contributed by atoms with Gasteiger partial charge in [0.2, 0.25) is 11.8 Å². The van der Waals surface area contributed by atoms with Crippen LogP contribution in [-0.2, 0) is 39.8 Å². The molecule has 4 bridgehead atoms. The molecule has 13 nitrogen and oxygen atoms in total. The van der Waals surface area contributed by atoms with Crippen molar-refractivity contribution >= 4 is 52.9 Å². The minimum atomic E-state index is -1.82. The zero-order valence-electron chi connectivity index (χ0n) is 31.4. The zero-order valence-corrected chi connectivity index (χ0v) is 33.0. The molecule has 2 saturated heterocycles. The Morgan fingerprint density at radius 1 is 1.27 bits per heavy atom.